The molecular formula is C12H19N3O5S. The van der Waals surface area contributed by atoms with E-state index in [2.05, 4.69) is 10.0 Å². The van der Waals surface area contributed by atoms with Crippen molar-refractivity contribution in [3.8, 4) is 0 Å². The number of nitrogens with one attached hydrogen (secondary N) is 2. The van der Waals surface area contributed by atoms with Gasteiger partial charge in [-0.2, -0.15) is 0 Å². The van der Waals surface area contributed by atoms with Gasteiger partial charge >= 0.3 is 6.03 Å². The van der Waals surface area contributed by atoms with Gasteiger partial charge in [0.05, 0.1) is 6.26 Å². The summed E-state index contributed by atoms with van der Waals surface area (Å²) in [5.74, 6) is -0.950. The lowest BCUT2D eigenvalue weighted by molar-refractivity contribution is -0.151. The Hall–Kier alpha value is -1.48. The molecular weight excluding hydrogens is 298 g/mol. The number of rotatable bonds is 5. The third-order valence-corrected chi connectivity index (χ3v) is 4.66. The molecule has 8 nitrogen and oxygen atoms in total. The van der Waals surface area contributed by atoms with Gasteiger partial charge in [0.15, 0.2) is 0 Å². The molecule has 0 aromatic carbocycles. The molecule has 1 heterocycles. The topological polar surface area (TPSA) is 113 Å². The zero-order chi connectivity index (χ0) is 15.7. The third-order valence-electron chi connectivity index (χ3n) is 3.93. The predicted molar refractivity (Wildman–Crippen MR) is 73.6 cm³/mol. The van der Waals surface area contributed by atoms with Crippen molar-refractivity contribution in [2.75, 3.05) is 19.3 Å². The molecule has 4 amide bonds. The average molecular weight is 317 g/mol. The summed E-state index contributed by atoms with van der Waals surface area (Å²) in [4.78, 5) is 37.2. The van der Waals surface area contributed by atoms with E-state index in [-0.39, 0.29) is 13.1 Å². The fourth-order valence-corrected chi connectivity index (χ4v) is 3.36. The van der Waals surface area contributed by atoms with Crippen molar-refractivity contribution in [1.82, 2.24) is 14.9 Å². The van der Waals surface area contributed by atoms with Gasteiger partial charge in [-0.15, -0.1) is 0 Å². The minimum absolute atomic E-state index is 0.0855. The van der Waals surface area contributed by atoms with Crippen LogP contribution in [0, 0.1) is 5.41 Å². The zero-order valence-electron chi connectivity index (χ0n) is 11.8. The zero-order valence-corrected chi connectivity index (χ0v) is 12.7. The highest BCUT2D eigenvalue weighted by atomic mass is 32.2. The maximum absolute atomic E-state index is 12.5. The molecule has 2 fully saturated rings. The number of carbonyl (C=O) groups excluding carboxylic acids is 3. The van der Waals surface area contributed by atoms with Crippen LogP contribution in [-0.2, 0) is 19.6 Å². The van der Waals surface area contributed by atoms with Crippen LogP contribution in [0.4, 0.5) is 4.79 Å². The lowest BCUT2D eigenvalue weighted by Crippen LogP contribution is -2.63. The summed E-state index contributed by atoms with van der Waals surface area (Å²) < 4.78 is 24.2. The van der Waals surface area contributed by atoms with Crippen molar-refractivity contribution in [1.29, 1.82) is 0 Å². The van der Waals surface area contributed by atoms with Crippen LogP contribution in [0.5, 0.6) is 0 Å². The van der Waals surface area contributed by atoms with Crippen LogP contribution in [0.3, 0.4) is 0 Å². The standard InChI is InChI=1S/C12H19N3O5S/c1-21(19,20)13-7-4-8-15-10(17)12(5-2-3-6-12)9(16)14-11(15)18/h13H,2-8H2,1H3,(H,14,16,18). The smallest absolute Gasteiger partial charge is 0.277 e. The van der Waals surface area contributed by atoms with E-state index in [1.165, 1.54) is 0 Å². The first kappa shape index (κ1) is 15.9. The van der Waals surface area contributed by atoms with Gasteiger partial charge in [-0.05, 0) is 19.3 Å². The monoisotopic (exact) mass is 317 g/mol. The van der Waals surface area contributed by atoms with E-state index in [0.29, 0.717) is 19.3 Å². The Morgan fingerprint density at radius 3 is 2.43 bits per heavy atom. The molecule has 2 N–H and O–H groups in total. The number of amides is 4. The molecule has 0 atom stereocenters. The second-order valence-corrected chi connectivity index (χ2v) is 7.36. The van der Waals surface area contributed by atoms with Crippen molar-refractivity contribution in [3.05, 3.63) is 0 Å². The molecule has 1 spiro atoms. The predicted octanol–water partition coefficient (Wildman–Crippen LogP) is -0.435. The largest absolute Gasteiger partial charge is 0.330 e. The Morgan fingerprint density at radius 2 is 1.86 bits per heavy atom. The summed E-state index contributed by atoms with van der Waals surface area (Å²) >= 11 is 0. The number of barbiturate groups is 1. The third kappa shape index (κ3) is 3.24. The number of nitrogens with zero attached hydrogens (tertiary/aromatic N) is 1. The van der Waals surface area contributed by atoms with E-state index in [1.54, 1.807) is 0 Å². The van der Waals surface area contributed by atoms with E-state index in [0.717, 1.165) is 24.0 Å². The molecule has 1 aliphatic carbocycles. The molecule has 21 heavy (non-hydrogen) atoms. The van der Waals surface area contributed by atoms with Gasteiger partial charge in [0, 0.05) is 13.1 Å². The summed E-state index contributed by atoms with van der Waals surface area (Å²) in [6, 6.07) is -0.720. The maximum atomic E-state index is 12.5. The molecule has 1 saturated carbocycles. The molecule has 2 rings (SSSR count). The Morgan fingerprint density at radius 1 is 1.24 bits per heavy atom. The van der Waals surface area contributed by atoms with Gasteiger partial charge < -0.3 is 0 Å². The molecule has 118 valence electrons. The lowest BCUT2D eigenvalue weighted by atomic mass is 9.82. The van der Waals surface area contributed by atoms with Crippen LogP contribution in [-0.4, -0.2) is 50.5 Å². The number of urea groups is 1. The first-order valence-corrected chi connectivity index (χ1v) is 8.77. The Kier molecular flexibility index (Phi) is 4.33. The van der Waals surface area contributed by atoms with Gasteiger partial charge in [0.25, 0.3) is 0 Å². The van der Waals surface area contributed by atoms with Gasteiger partial charge in [-0.25, -0.2) is 17.9 Å². The molecule has 0 aromatic rings. The second kappa shape index (κ2) is 5.72. The van der Waals surface area contributed by atoms with Gasteiger partial charge in [0.2, 0.25) is 21.8 Å². The SMILES string of the molecule is CS(=O)(=O)NCCCN1C(=O)NC(=O)C2(CCCC2)C1=O. The van der Waals surface area contributed by atoms with Crippen molar-refractivity contribution in [3.63, 3.8) is 0 Å². The van der Waals surface area contributed by atoms with E-state index in [4.69, 9.17) is 0 Å². The van der Waals surface area contributed by atoms with E-state index in [1.807, 2.05) is 0 Å². The molecule has 0 unspecified atom stereocenters. The Labute approximate surface area is 123 Å². The molecule has 2 aliphatic rings. The summed E-state index contributed by atoms with van der Waals surface area (Å²) in [6.07, 6.45) is 3.84. The number of carbonyl (C=O) groups is 3. The second-order valence-electron chi connectivity index (χ2n) is 5.53. The Bertz CT molecular complexity index is 565. The highest BCUT2D eigenvalue weighted by Gasteiger charge is 2.54. The van der Waals surface area contributed by atoms with Crippen LogP contribution in [0.1, 0.15) is 32.1 Å². The molecule has 9 heteroatoms. The van der Waals surface area contributed by atoms with Crippen molar-refractivity contribution in [2.24, 2.45) is 5.41 Å². The van der Waals surface area contributed by atoms with Crippen molar-refractivity contribution in [2.45, 2.75) is 32.1 Å². The van der Waals surface area contributed by atoms with E-state index < -0.39 is 33.3 Å². The van der Waals surface area contributed by atoms with Crippen molar-refractivity contribution >= 4 is 27.9 Å². The van der Waals surface area contributed by atoms with Crippen LogP contribution in [0.15, 0.2) is 0 Å². The highest BCUT2D eigenvalue weighted by molar-refractivity contribution is 7.88. The lowest BCUT2D eigenvalue weighted by Gasteiger charge is -2.36. The van der Waals surface area contributed by atoms with Gasteiger partial charge in [-0.1, -0.05) is 12.8 Å². The Balaban J connectivity index is 2.00. The summed E-state index contributed by atoms with van der Waals surface area (Å²) in [7, 11) is -3.29. The van der Waals surface area contributed by atoms with Gasteiger partial charge in [0.1, 0.15) is 5.41 Å². The number of hydrogen-bond donors (Lipinski definition) is 2. The quantitative estimate of drug-likeness (QED) is 0.527. The molecule has 0 radical (unpaired) electrons. The fraction of sp³-hybridized carbons (Fsp3) is 0.750. The van der Waals surface area contributed by atoms with Crippen molar-refractivity contribution < 1.29 is 22.8 Å². The number of imide groups is 2. The average Bonchev–Trinajstić information content (AvgIpc) is 2.85. The summed E-state index contributed by atoms with van der Waals surface area (Å²) in [6.45, 7) is 0.221. The van der Waals surface area contributed by atoms with E-state index >= 15 is 0 Å². The van der Waals surface area contributed by atoms with Gasteiger partial charge in [-0.3, -0.25) is 19.8 Å². The van der Waals surface area contributed by atoms with Crippen LogP contribution < -0.4 is 10.0 Å². The molecule has 1 saturated heterocycles. The van der Waals surface area contributed by atoms with Crippen LogP contribution >= 0.6 is 0 Å². The normalized spacial score (nSPS) is 22.0. The molecule has 1 aliphatic heterocycles. The number of hydrogen-bond acceptors (Lipinski definition) is 5. The summed E-state index contributed by atoms with van der Waals surface area (Å²) in [5, 5.41) is 2.24. The maximum Gasteiger partial charge on any atom is 0.330 e. The summed E-state index contributed by atoms with van der Waals surface area (Å²) in [5.41, 5.74) is -1.10. The highest BCUT2D eigenvalue weighted by Crippen LogP contribution is 2.41. The molecule has 0 aromatic heterocycles. The fourth-order valence-electron chi connectivity index (χ4n) is 2.85. The minimum Gasteiger partial charge on any atom is -0.277 e. The van der Waals surface area contributed by atoms with E-state index in [9.17, 15) is 22.8 Å². The first-order valence-electron chi connectivity index (χ1n) is 6.88. The first-order chi connectivity index (χ1) is 9.76. The molecule has 0 bridgehead atoms. The number of sulfonamides is 1. The van der Waals surface area contributed by atoms with Crippen LogP contribution in [0.2, 0.25) is 0 Å². The van der Waals surface area contributed by atoms with Crippen LogP contribution in [0.25, 0.3) is 0 Å². The minimum atomic E-state index is -3.29.